The molecular formula is C28H26F3N3O4. The fourth-order valence-electron chi connectivity index (χ4n) is 4.29. The van der Waals surface area contributed by atoms with Crippen molar-refractivity contribution in [1.29, 1.82) is 0 Å². The van der Waals surface area contributed by atoms with Crippen molar-refractivity contribution in [3.05, 3.63) is 95.2 Å². The van der Waals surface area contributed by atoms with Crippen LogP contribution in [-0.4, -0.2) is 35.3 Å². The number of rotatable bonds is 8. The van der Waals surface area contributed by atoms with Crippen molar-refractivity contribution in [1.82, 2.24) is 9.88 Å². The number of fused-ring (bicyclic) bond motifs is 1. The molecule has 1 amide bonds. The molecule has 1 aromatic heterocycles. The van der Waals surface area contributed by atoms with Crippen molar-refractivity contribution in [3.63, 3.8) is 0 Å². The number of halogens is 3. The zero-order chi connectivity index (χ0) is 27.4. The highest BCUT2D eigenvalue weighted by Gasteiger charge is 2.31. The largest absolute Gasteiger partial charge is 0.465 e. The van der Waals surface area contributed by atoms with E-state index in [1.807, 2.05) is 0 Å². The molecule has 1 atom stereocenters. The minimum atomic E-state index is -4.53. The normalized spacial score (nSPS) is 12.3. The summed E-state index contributed by atoms with van der Waals surface area (Å²) in [6, 6.07) is 17.9. The number of aromatic nitrogens is 1. The third-order valence-electron chi connectivity index (χ3n) is 6.15. The van der Waals surface area contributed by atoms with Gasteiger partial charge in [0.2, 0.25) is 0 Å². The monoisotopic (exact) mass is 525 g/mol. The molecule has 7 nitrogen and oxygen atoms in total. The van der Waals surface area contributed by atoms with Gasteiger partial charge in [-0.15, -0.1) is 0 Å². The van der Waals surface area contributed by atoms with Gasteiger partial charge in [0.1, 0.15) is 5.69 Å². The third kappa shape index (κ3) is 5.50. The van der Waals surface area contributed by atoms with E-state index in [0.717, 1.165) is 17.7 Å². The molecule has 0 aliphatic carbocycles. The molecule has 3 aromatic carbocycles. The standard InChI is InChI=1S/C28H26F3N3O4/c1-17(18-10-12-19(13-11-18)27(37)38-2)32-26(36)25-24(22-8-3-4-9-23(22)34(25)14-15-35)33-21-7-5-6-20(16-21)28(29,30)31/h3-13,16-17,33,35H,14-15H2,1-2H3,(H,32,36)/t17-/m0/s1. The summed E-state index contributed by atoms with van der Waals surface area (Å²) in [4.78, 5) is 25.4. The van der Waals surface area contributed by atoms with E-state index < -0.39 is 29.7 Å². The highest BCUT2D eigenvalue weighted by Crippen LogP contribution is 2.36. The number of aliphatic hydroxyl groups excluding tert-OH is 1. The summed E-state index contributed by atoms with van der Waals surface area (Å²) >= 11 is 0. The predicted octanol–water partition coefficient (Wildman–Crippen LogP) is 5.67. The number of benzene rings is 3. The zero-order valence-corrected chi connectivity index (χ0v) is 20.7. The molecule has 10 heteroatoms. The molecular weight excluding hydrogens is 499 g/mol. The Hall–Kier alpha value is -4.31. The predicted molar refractivity (Wildman–Crippen MR) is 137 cm³/mol. The number of hydrogen-bond donors (Lipinski definition) is 3. The maximum Gasteiger partial charge on any atom is 0.416 e. The van der Waals surface area contributed by atoms with Crippen LogP contribution in [0, 0.1) is 0 Å². The van der Waals surface area contributed by atoms with Crippen LogP contribution in [0.4, 0.5) is 24.5 Å². The van der Waals surface area contributed by atoms with E-state index in [4.69, 9.17) is 4.74 Å². The Balaban J connectivity index is 1.73. The molecule has 0 aliphatic heterocycles. The van der Waals surface area contributed by atoms with E-state index in [0.29, 0.717) is 22.2 Å². The van der Waals surface area contributed by atoms with Crippen LogP contribution >= 0.6 is 0 Å². The quantitative estimate of drug-likeness (QED) is 0.258. The van der Waals surface area contributed by atoms with Crippen LogP contribution in [0.15, 0.2) is 72.8 Å². The van der Waals surface area contributed by atoms with E-state index in [1.54, 1.807) is 60.0 Å². The van der Waals surface area contributed by atoms with Crippen LogP contribution in [0.25, 0.3) is 10.9 Å². The molecule has 0 unspecified atom stereocenters. The summed E-state index contributed by atoms with van der Waals surface area (Å²) in [5.74, 6) is -0.972. The number of para-hydroxylation sites is 1. The maximum absolute atomic E-state index is 13.6. The number of carbonyl (C=O) groups is 2. The average Bonchev–Trinajstić information content (AvgIpc) is 3.21. The van der Waals surface area contributed by atoms with Crippen LogP contribution in [-0.2, 0) is 17.5 Å². The molecule has 1 heterocycles. The van der Waals surface area contributed by atoms with Gasteiger partial charge >= 0.3 is 12.1 Å². The fraction of sp³-hybridized carbons (Fsp3) is 0.214. The summed E-state index contributed by atoms with van der Waals surface area (Å²) in [5.41, 5.74) is 1.54. The van der Waals surface area contributed by atoms with Crippen molar-refractivity contribution < 1.29 is 32.6 Å². The molecule has 0 bridgehead atoms. The SMILES string of the molecule is COC(=O)c1ccc([C@H](C)NC(=O)c2c(Nc3cccc(C(F)(F)F)c3)c3ccccc3n2CCO)cc1. The zero-order valence-electron chi connectivity index (χ0n) is 20.7. The Morgan fingerprint density at radius 3 is 2.39 bits per heavy atom. The lowest BCUT2D eigenvalue weighted by Gasteiger charge is -2.18. The number of alkyl halides is 3. The Kier molecular flexibility index (Phi) is 7.72. The van der Waals surface area contributed by atoms with Crippen molar-refractivity contribution in [2.24, 2.45) is 0 Å². The lowest BCUT2D eigenvalue weighted by molar-refractivity contribution is -0.137. The van der Waals surface area contributed by atoms with Gasteiger partial charge < -0.3 is 25.0 Å². The second-order valence-electron chi connectivity index (χ2n) is 8.63. The summed E-state index contributed by atoms with van der Waals surface area (Å²) in [6.07, 6.45) is -4.53. The third-order valence-corrected chi connectivity index (χ3v) is 6.15. The van der Waals surface area contributed by atoms with Crippen molar-refractivity contribution in [2.75, 3.05) is 19.0 Å². The van der Waals surface area contributed by atoms with Gasteiger partial charge in [-0.05, 0) is 48.9 Å². The molecule has 198 valence electrons. The number of aliphatic hydroxyl groups is 1. The first-order valence-corrected chi connectivity index (χ1v) is 11.8. The molecule has 4 rings (SSSR count). The number of amides is 1. The topological polar surface area (TPSA) is 92.6 Å². The molecule has 0 fully saturated rings. The second-order valence-corrected chi connectivity index (χ2v) is 8.63. The number of nitrogens with one attached hydrogen (secondary N) is 2. The van der Waals surface area contributed by atoms with Crippen molar-refractivity contribution in [2.45, 2.75) is 25.7 Å². The van der Waals surface area contributed by atoms with Crippen LogP contribution in [0.1, 0.15) is 44.9 Å². The summed E-state index contributed by atoms with van der Waals surface area (Å²) in [5, 5.41) is 16.3. The summed E-state index contributed by atoms with van der Waals surface area (Å²) in [7, 11) is 1.29. The first-order chi connectivity index (χ1) is 18.1. The second kappa shape index (κ2) is 11.0. The maximum atomic E-state index is 13.6. The Morgan fingerprint density at radius 2 is 1.74 bits per heavy atom. The average molecular weight is 526 g/mol. The molecule has 0 saturated heterocycles. The summed E-state index contributed by atoms with van der Waals surface area (Å²) < 4.78 is 46.3. The molecule has 3 N–H and O–H groups in total. The highest BCUT2D eigenvalue weighted by atomic mass is 19.4. The number of anilines is 2. The molecule has 38 heavy (non-hydrogen) atoms. The van der Waals surface area contributed by atoms with E-state index in [9.17, 15) is 27.9 Å². The van der Waals surface area contributed by atoms with E-state index >= 15 is 0 Å². The highest BCUT2D eigenvalue weighted by molar-refractivity contribution is 6.10. The fourth-order valence-corrected chi connectivity index (χ4v) is 4.29. The molecule has 0 saturated carbocycles. The number of ether oxygens (including phenoxy) is 1. The molecule has 0 aliphatic rings. The lowest BCUT2D eigenvalue weighted by atomic mass is 10.1. The Labute approximate surface area is 216 Å². The molecule has 0 spiro atoms. The number of methoxy groups -OCH3 is 1. The van der Waals surface area contributed by atoms with Gasteiger partial charge in [-0.1, -0.05) is 36.4 Å². The summed E-state index contributed by atoms with van der Waals surface area (Å²) in [6.45, 7) is 1.60. The van der Waals surface area contributed by atoms with Gasteiger partial charge in [-0.2, -0.15) is 13.2 Å². The van der Waals surface area contributed by atoms with Gasteiger partial charge in [0.05, 0.1) is 42.1 Å². The lowest BCUT2D eigenvalue weighted by Crippen LogP contribution is -2.29. The van der Waals surface area contributed by atoms with E-state index in [-0.39, 0.29) is 24.5 Å². The van der Waals surface area contributed by atoms with Gasteiger partial charge in [-0.25, -0.2) is 4.79 Å². The van der Waals surface area contributed by atoms with Crippen LogP contribution in [0.5, 0.6) is 0 Å². The first kappa shape index (κ1) is 26.7. The van der Waals surface area contributed by atoms with Crippen LogP contribution in [0.3, 0.4) is 0 Å². The van der Waals surface area contributed by atoms with Crippen LogP contribution < -0.4 is 10.6 Å². The van der Waals surface area contributed by atoms with E-state index in [2.05, 4.69) is 10.6 Å². The number of esters is 1. The van der Waals surface area contributed by atoms with Crippen LogP contribution in [0.2, 0.25) is 0 Å². The van der Waals surface area contributed by atoms with Gasteiger partial charge in [0, 0.05) is 17.6 Å². The molecule has 4 aromatic rings. The Bertz CT molecular complexity index is 1460. The Morgan fingerprint density at radius 1 is 1.03 bits per heavy atom. The number of hydrogen-bond acceptors (Lipinski definition) is 5. The molecule has 0 radical (unpaired) electrons. The minimum absolute atomic E-state index is 0.0930. The number of carbonyl (C=O) groups excluding carboxylic acids is 2. The number of nitrogens with zero attached hydrogens (tertiary/aromatic N) is 1. The van der Waals surface area contributed by atoms with Crippen molar-refractivity contribution >= 4 is 34.2 Å². The van der Waals surface area contributed by atoms with E-state index in [1.165, 1.54) is 19.2 Å². The first-order valence-electron chi connectivity index (χ1n) is 11.8. The van der Waals surface area contributed by atoms with Gasteiger partial charge in [0.25, 0.3) is 5.91 Å². The minimum Gasteiger partial charge on any atom is -0.465 e. The smallest absolute Gasteiger partial charge is 0.416 e. The van der Waals surface area contributed by atoms with Gasteiger partial charge in [-0.3, -0.25) is 4.79 Å². The van der Waals surface area contributed by atoms with Gasteiger partial charge in [0.15, 0.2) is 0 Å². The van der Waals surface area contributed by atoms with Crippen molar-refractivity contribution in [3.8, 4) is 0 Å².